The summed E-state index contributed by atoms with van der Waals surface area (Å²) >= 11 is 5.90. The number of amides is 3. The number of ether oxygens (including phenoxy) is 1. The van der Waals surface area contributed by atoms with Crippen LogP contribution in [0.4, 0.5) is 4.39 Å². The Morgan fingerprint density at radius 1 is 1.05 bits per heavy atom. The van der Waals surface area contributed by atoms with Gasteiger partial charge in [0.2, 0.25) is 17.7 Å². The number of carbonyl (C=O) groups excluding carboxylic acids is 3. The molecule has 8 nitrogen and oxygen atoms in total. The summed E-state index contributed by atoms with van der Waals surface area (Å²) in [5.74, 6) is -0.907. The molecule has 0 aliphatic carbocycles. The zero-order chi connectivity index (χ0) is 28.3. The molecule has 1 aromatic heterocycles. The third-order valence-corrected chi connectivity index (χ3v) is 6.65. The molecule has 208 valence electrons. The van der Waals surface area contributed by atoms with Crippen LogP contribution in [0.25, 0.3) is 6.08 Å². The van der Waals surface area contributed by atoms with Crippen LogP contribution in [0.1, 0.15) is 24.1 Å². The lowest BCUT2D eigenvalue weighted by atomic mass is 10.1. The first-order valence-electron chi connectivity index (χ1n) is 13.0. The molecule has 3 aromatic rings. The predicted octanol–water partition coefficient (Wildman–Crippen LogP) is 3.80. The number of halogens is 2. The van der Waals surface area contributed by atoms with Gasteiger partial charge >= 0.3 is 0 Å². The first kappa shape index (κ1) is 28.8. The highest BCUT2D eigenvalue weighted by atomic mass is 35.5. The molecule has 10 heteroatoms. The largest absolute Gasteiger partial charge is 0.490 e. The molecule has 4 rings (SSSR count). The van der Waals surface area contributed by atoms with E-state index in [0.29, 0.717) is 42.4 Å². The van der Waals surface area contributed by atoms with Crippen LogP contribution in [0.15, 0.2) is 79.0 Å². The molecule has 1 aliphatic heterocycles. The van der Waals surface area contributed by atoms with E-state index in [4.69, 9.17) is 16.3 Å². The molecule has 1 atom stereocenters. The minimum Gasteiger partial charge on any atom is -0.490 e. The summed E-state index contributed by atoms with van der Waals surface area (Å²) < 4.78 is 19.0. The highest BCUT2D eigenvalue weighted by molar-refractivity contribution is 6.30. The highest BCUT2D eigenvalue weighted by Crippen LogP contribution is 2.19. The second kappa shape index (κ2) is 14.2. The van der Waals surface area contributed by atoms with Crippen molar-refractivity contribution in [2.75, 3.05) is 19.6 Å². The van der Waals surface area contributed by atoms with Gasteiger partial charge in [-0.25, -0.2) is 4.39 Å². The third-order valence-electron chi connectivity index (χ3n) is 6.39. The number of piperidine rings is 1. The number of carbonyl (C=O) groups is 3. The van der Waals surface area contributed by atoms with Crippen molar-refractivity contribution in [2.24, 2.45) is 0 Å². The normalized spacial score (nSPS) is 14.5. The van der Waals surface area contributed by atoms with Crippen molar-refractivity contribution in [3.63, 3.8) is 0 Å². The zero-order valence-electron chi connectivity index (χ0n) is 21.8. The number of nitrogens with zero attached hydrogens (tertiary/aromatic N) is 2. The van der Waals surface area contributed by atoms with E-state index in [1.165, 1.54) is 18.2 Å². The summed E-state index contributed by atoms with van der Waals surface area (Å²) in [7, 11) is 0. The maximum Gasteiger partial charge on any atom is 0.244 e. The standard InChI is InChI=1S/C30H30ClFN4O4/c31-22-7-4-21(5-8-22)6-13-28(37)35-27(19-24-3-1-2-16-33-24)30(39)34-20-29(38)36-17-14-26(15-18-36)40-25-11-9-23(32)10-12-25/h1-13,16,26-27H,14-15,17-20H2,(H,34,39)(H,35,37)/t27-/m0/s1. The van der Waals surface area contributed by atoms with Gasteiger partial charge in [-0.1, -0.05) is 29.8 Å². The summed E-state index contributed by atoms with van der Waals surface area (Å²) in [5.41, 5.74) is 1.40. The number of rotatable bonds is 10. The van der Waals surface area contributed by atoms with Crippen LogP contribution in [0.2, 0.25) is 5.02 Å². The number of pyridine rings is 1. The van der Waals surface area contributed by atoms with Gasteiger partial charge in [0.05, 0.1) is 6.54 Å². The Labute approximate surface area is 237 Å². The van der Waals surface area contributed by atoms with Gasteiger partial charge in [-0.05, 0) is 60.2 Å². The smallest absolute Gasteiger partial charge is 0.244 e. The Morgan fingerprint density at radius 3 is 2.45 bits per heavy atom. The van der Waals surface area contributed by atoms with Crippen LogP contribution in [0, 0.1) is 5.82 Å². The first-order valence-corrected chi connectivity index (χ1v) is 13.4. The minimum absolute atomic E-state index is 0.0806. The topological polar surface area (TPSA) is 101 Å². The SMILES string of the molecule is O=C(C=Cc1ccc(Cl)cc1)N[C@@H](Cc1ccccn1)C(=O)NCC(=O)N1CCC(Oc2ccc(F)cc2)CC1. The summed E-state index contributed by atoms with van der Waals surface area (Å²) in [6.45, 7) is 0.756. The summed E-state index contributed by atoms with van der Waals surface area (Å²) in [6.07, 6.45) is 5.89. The Bertz CT molecular complexity index is 1310. The molecular weight excluding hydrogens is 535 g/mol. The van der Waals surface area contributed by atoms with E-state index >= 15 is 0 Å². The van der Waals surface area contributed by atoms with Gasteiger partial charge in [0.15, 0.2) is 0 Å². The Morgan fingerprint density at radius 2 is 1.77 bits per heavy atom. The third kappa shape index (κ3) is 8.91. The lowest BCUT2D eigenvalue weighted by Crippen LogP contribution is -2.51. The van der Waals surface area contributed by atoms with Crippen LogP contribution in [0.5, 0.6) is 5.75 Å². The lowest BCUT2D eigenvalue weighted by molar-refractivity contribution is -0.135. The van der Waals surface area contributed by atoms with Gasteiger partial charge in [-0.2, -0.15) is 0 Å². The molecule has 0 saturated carbocycles. The molecule has 0 spiro atoms. The van der Waals surface area contributed by atoms with Crippen molar-refractivity contribution in [1.29, 1.82) is 0 Å². The van der Waals surface area contributed by atoms with Crippen molar-refractivity contribution in [3.8, 4) is 5.75 Å². The molecule has 2 aromatic carbocycles. The van der Waals surface area contributed by atoms with E-state index in [2.05, 4.69) is 15.6 Å². The van der Waals surface area contributed by atoms with Crippen LogP contribution in [0.3, 0.4) is 0 Å². The van der Waals surface area contributed by atoms with Gasteiger partial charge in [-0.3, -0.25) is 19.4 Å². The van der Waals surface area contributed by atoms with Crippen molar-refractivity contribution < 1.29 is 23.5 Å². The summed E-state index contributed by atoms with van der Waals surface area (Å²) in [6, 6.07) is 17.2. The fourth-order valence-corrected chi connectivity index (χ4v) is 4.36. The number of benzene rings is 2. The quantitative estimate of drug-likeness (QED) is 0.365. The van der Waals surface area contributed by atoms with Crippen LogP contribution in [-0.2, 0) is 20.8 Å². The number of hydrogen-bond acceptors (Lipinski definition) is 5. The Balaban J connectivity index is 1.28. The van der Waals surface area contributed by atoms with Gasteiger partial charge in [0.25, 0.3) is 0 Å². The van der Waals surface area contributed by atoms with Gasteiger partial charge in [-0.15, -0.1) is 0 Å². The van der Waals surface area contributed by atoms with Crippen LogP contribution >= 0.6 is 11.6 Å². The van der Waals surface area contributed by atoms with E-state index in [1.807, 2.05) is 0 Å². The molecule has 40 heavy (non-hydrogen) atoms. The maximum atomic E-state index is 13.1. The minimum atomic E-state index is -0.931. The van der Waals surface area contributed by atoms with Crippen molar-refractivity contribution in [3.05, 3.63) is 101 Å². The number of likely N-dealkylation sites (tertiary alicyclic amines) is 1. The van der Waals surface area contributed by atoms with Gasteiger partial charge in [0, 0.05) is 55.3 Å². The molecule has 3 amide bonds. The predicted molar refractivity (Wildman–Crippen MR) is 150 cm³/mol. The monoisotopic (exact) mass is 564 g/mol. The first-order chi connectivity index (χ1) is 19.4. The van der Waals surface area contributed by atoms with Crippen LogP contribution in [-0.4, -0.2) is 59.4 Å². The molecule has 1 fully saturated rings. The van der Waals surface area contributed by atoms with Crippen molar-refractivity contribution in [2.45, 2.75) is 31.4 Å². The van der Waals surface area contributed by atoms with Crippen molar-refractivity contribution in [1.82, 2.24) is 20.5 Å². The highest BCUT2D eigenvalue weighted by Gasteiger charge is 2.26. The van der Waals surface area contributed by atoms with E-state index in [-0.39, 0.29) is 30.8 Å². The lowest BCUT2D eigenvalue weighted by Gasteiger charge is -2.32. The average Bonchev–Trinajstić information content (AvgIpc) is 2.97. The number of aromatic nitrogens is 1. The number of hydrogen-bond donors (Lipinski definition) is 2. The van der Waals surface area contributed by atoms with E-state index in [9.17, 15) is 18.8 Å². The summed E-state index contributed by atoms with van der Waals surface area (Å²) in [5, 5.41) is 5.97. The average molecular weight is 565 g/mol. The molecule has 0 unspecified atom stereocenters. The van der Waals surface area contributed by atoms with E-state index in [0.717, 1.165) is 5.56 Å². The number of nitrogens with one attached hydrogen (secondary N) is 2. The fraction of sp³-hybridized carbons (Fsp3) is 0.267. The summed E-state index contributed by atoms with van der Waals surface area (Å²) in [4.78, 5) is 44.4. The van der Waals surface area contributed by atoms with E-state index < -0.39 is 17.9 Å². The molecule has 1 saturated heterocycles. The molecule has 2 N–H and O–H groups in total. The Kier molecular flexibility index (Phi) is 10.2. The van der Waals surface area contributed by atoms with Crippen LogP contribution < -0.4 is 15.4 Å². The molecule has 0 radical (unpaired) electrons. The van der Waals surface area contributed by atoms with Gasteiger partial charge in [0.1, 0.15) is 23.7 Å². The van der Waals surface area contributed by atoms with E-state index in [1.54, 1.807) is 71.8 Å². The zero-order valence-corrected chi connectivity index (χ0v) is 22.5. The Hall–Kier alpha value is -4.24. The second-order valence-corrected chi connectivity index (χ2v) is 9.78. The molecule has 2 heterocycles. The van der Waals surface area contributed by atoms with Gasteiger partial charge < -0.3 is 20.3 Å². The fourth-order valence-electron chi connectivity index (χ4n) is 4.23. The maximum absolute atomic E-state index is 13.1. The molecule has 0 bridgehead atoms. The van der Waals surface area contributed by atoms with Crippen molar-refractivity contribution >= 4 is 35.4 Å². The second-order valence-electron chi connectivity index (χ2n) is 9.34. The molecule has 1 aliphatic rings. The molecular formula is C30H30ClFN4O4.